The molecule has 0 aliphatic heterocycles. The van der Waals surface area contributed by atoms with Gasteiger partial charge in [-0.15, -0.1) is 11.3 Å². The molecule has 6 heterocycles. The van der Waals surface area contributed by atoms with Crippen LogP contribution >= 0.6 is 11.3 Å². The molecule has 22 aromatic rings. The summed E-state index contributed by atoms with van der Waals surface area (Å²) >= 11 is 1.82. The number of nitrogens with zero attached hydrogens (tertiary/aromatic N) is 2. The first-order chi connectivity index (χ1) is 48.4. The fourth-order valence-electron chi connectivity index (χ4n) is 17.0. The number of H-pyrrole nitrogens is 1. The summed E-state index contributed by atoms with van der Waals surface area (Å²) in [7, 11) is 0. The van der Waals surface area contributed by atoms with Gasteiger partial charge in [0.05, 0.1) is 27.6 Å². The zero-order valence-electron chi connectivity index (χ0n) is 52.5. The number of hydrogen-bond donors (Lipinski definition) is 1. The minimum atomic E-state index is -0.0319. The molecule has 0 spiro atoms. The van der Waals surface area contributed by atoms with Crippen LogP contribution in [-0.4, -0.2) is 13.8 Å². The Bertz CT molecular complexity index is 7400. The standard InChI is InChI=1S/C92H51N3O2S/c96-91-74-26-6-5-23-66(74)79-48-60(49-80-69-24-7-9-31-84(69)94(91)89(79)80)52-16-12-18-58(42-52)75-47-59(50-81-70-25-8-10-32-86(70)98-90(75)81)56-34-38-68-72-29-14-30-73-78-45-55(36-40-85(78)95(88(72)73)92(97)82(68)46-56)54-35-39-83-77(44-54)71-28-13-27-61(87(71)93-83)57-17-11-15-51(41-57)53-33-37-67-64-21-2-1-19-62(64)63-20-3-4-22-65(63)76(67)43-53/h1-50,93H. The summed E-state index contributed by atoms with van der Waals surface area (Å²) in [5.74, 6) is 0. The van der Waals surface area contributed by atoms with Gasteiger partial charge in [0.25, 0.3) is 11.1 Å². The number of nitrogens with one attached hydrogen (secondary N) is 1. The van der Waals surface area contributed by atoms with Crippen molar-refractivity contribution in [3.63, 3.8) is 0 Å². The average Bonchev–Trinajstić information content (AvgIpc) is 1.51. The average molecular weight is 1260 g/mol. The van der Waals surface area contributed by atoms with Crippen LogP contribution in [0.5, 0.6) is 0 Å². The third-order valence-electron chi connectivity index (χ3n) is 21.5. The van der Waals surface area contributed by atoms with Crippen LogP contribution in [0.1, 0.15) is 0 Å². The summed E-state index contributed by atoms with van der Waals surface area (Å²) in [6.07, 6.45) is 0. The third kappa shape index (κ3) is 7.49. The number of rotatable bonds is 6. The first kappa shape index (κ1) is 53.6. The van der Waals surface area contributed by atoms with Gasteiger partial charge in [-0.3, -0.25) is 18.4 Å². The molecule has 6 heteroatoms. The van der Waals surface area contributed by atoms with Gasteiger partial charge in [0, 0.05) is 90.7 Å². The third-order valence-corrected chi connectivity index (χ3v) is 22.7. The second-order valence-corrected chi connectivity index (χ2v) is 27.6. The van der Waals surface area contributed by atoms with Crippen molar-refractivity contribution in [2.24, 2.45) is 0 Å². The highest BCUT2D eigenvalue weighted by molar-refractivity contribution is 7.26. The van der Waals surface area contributed by atoms with Crippen LogP contribution in [0.3, 0.4) is 0 Å². The van der Waals surface area contributed by atoms with Crippen molar-refractivity contribution < 1.29 is 0 Å². The number of fused-ring (bicyclic) bond motifs is 22. The Morgan fingerprint density at radius 1 is 0.235 bits per heavy atom. The van der Waals surface area contributed by atoms with Crippen LogP contribution in [0, 0.1) is 0 Å². The molecule has 98 heavy (non-hydrogen) atoms. The molecule has 0 unspecified atom stereocenters. The summed E-state index contributed by atoms with van der Waals surface area (Å²) in [6.45, 7) is 0. The van der Waals surface area contributed by atoms with Crippen LogP contribution in [0.25, 0.3) is 217 Å². The molecule has 6 aromatic heterocycles. The molecule has 0 radical (unpaired) electrons. The first-order valence-electron chi connectivity index (χ1n) is 33.4. The smallest absolute Gasteiger partial charge is 0.263 e. The van der Waals surface area contributed by atoms with Crippen molar-refractivity contribution >= 4 is 162 Å². The lowest BCUT2D eigenvalue weighted by Crippen LogP contribution is -2.13. The lowest BCUT2D eigenvalue weighted by Gasteiger charge is -2.13. The molecule has 0 bridgehead atoms. The van der Waals surface area contributed by atoms with Crippen molar-refractivity contribution in [2.45, 2.75) is 0 Å². The Morgan fingerprint density at radius 3 is 1.39 bits per heavy atom. The molecule has 0 aliphatic carbocycles. The molecule has 452 valence electrons. The summed E-state index contributed by atoms with van der Waals surface area (Å²) in [5.41, 5.74) is 19.2. The van der Waals surface area contributed by atoms with Crippen LogP contribution in [0.15, 0.2) is 313 Å². The summed E-state index contributed by atoms with van der Waals surface area (Å²) in [6, 6.07) is 109. The monoisotopic (exact) mass is 1260 g/mol. The van der Waals surface area contributed by atoms with E-state index in [1.54, 1.807) is 0 Å². The number of para-hydroxylation sites is 3. The molecule has 0 atom stereocenters. The van der Waals surface area contributed by atoms with E-state index in [2.05, 4.69) is 284 Å². The molecule has 0 aliphatic rings. The molecule has 0 saturated heterocycles. The van der Waals surface area contributed by atoms with Crippen LogP contribution < -0.4 is 11.1 Å². The van der Waals surface area contributed by atoms with Gasteiger partial charge in [0.2, 0.25) is 0 Å². The van der Waals surface area contributed by atoms with E-state index in [9.17, 15) is 4.79 Å². The number of benzene rings is 16. The Hall–Kier alpha value is -12.7. The van der Waals surface area contributed by atoms with E-state index in [1.165, 1.54) is 69.0 Å². The van der Waals surface area contributed by atoms with Gasteiger partial charge >= 0.3 is 0 Å². The summed E-state index contributed by atoms with van der Waals surface area (Å²) < 4.78 is 6.31. The van der Waals surface area contributed by atoms with Crippen molar-refractivity contribution in [3.05, 3.63) is 324 Å². The second kappa shape index (κ2) is 19.9. The van der Waals surface area contributed by atoms with Crippen LogP contribution in [-0.2, 0) is 0 Å². The van der Waals surface area contributed by atoms with E-state index in [4.69, 9.17) is 0 Å². The molecule has 16 aromatic carbocycles. The maximum Gasteiger partial charge on any atom is 0.263 e. The minimum absolute atomic E-state index is 0.00564. The van der Waals surface area contributed by atoms with Crippen molar-refractivity contribution in [1.29, 1.82) is 0 Å². The van der Waals surface area contributed by atoms with Gasteiger partial charge in [-0.25, -0.2) is 0 Å². The quantitative estimate of drug-likeness (QED) is 0.169. The fourth-order valence-corrected chi connectivity index (χ4v) is 18.2. The van der Waals surface area contributed by atoms with Gasteiger partial charge in [-0.2, -0.15) is 0 Å². The lowest BCUT2D eigenvalue weighted by molar-refractivity contribution is 1.21. The number of aromatic amines is 1. The molecular weight excluding hydrogens is 1210 g/mol. The highest BCUT2D eigenvalue weighted by Crippen LogP contribution is 2.47. The topological polar surface area (TPSA) is 58.8 Å². The summed E-state index contributed by atoms with van der Waals surface area (Å²) in [4.78, 5) is 33.6. The van der Waals surface area contributed by atoms with Crippen LogP contribution in [0.4, 0.5) is 0 Å². The van der Waals surface area contributed by atoms with E-state index in [1.807, 2.05) is 44.4 Å². The van der Waals surface area contributed by atoms with Crippen molar-refractivity contribution in [3.8, 4) is 66.8 Å². The molecule has 22 rings (SSSR count). The molecule has 1 N–H and O–H groups in total. The van der Waals surface area contributed by atoms with E-state index in [0.717, 1.165) is 137 Å². The second-order valence-electron chi connectivity index (χ2n) is 26.6. The highest BCUT2D eigenvalue weighted by atomic mass is 32.1. The molecular formula is C92H51N3O2S. The number of aromatic nitrogens is 3. The SMILES string of the molecule is O=c1c2cc(-c3cc(-c4cccc(-c5cc6c7ccccc7c(=O)n7c8ccccc8c(c5)c67)c4)c4sc5ccccc5c4c3)ccc2c2cccc3c4cc(-c5ccc6[nH]c7c(-c8cccc(-c9ccc%10c%11ccccc%11c%11ccccc%11c%10c9)c8)cccc7c6c5)ccc4n1c23. The minimum Gasteiger partial charge on any atom is -0.354 e. The van der Waals surface area contributed by atoms with Crippen molar-refractivity contribution in [1.82, 2.24) is 13.8 Å². The lowest BCUT2D eigenvalue weighted by atomic mass is 9.91. The van der Waals surface area contributed by atoms with Gasteiger partial charge in [-0.1, -0.05) is 212 Å². The van der Waals surface area contributed by atoms with Gasteiger partial charge in [0.15, 0.2) is 0 Å². The molecule has 0 saturated carbocycles. The summed E-state index contributed by atoms with van der Waals surface area (Å²) in [5, 5.41) is 22.0. The van der Waals surface area contributed by atoms with E-state index < -0.39 is 0 Å². The maximum atomic E-state index is 15.5. The highest BCUT2D eigenvalue weighted by Gasteiger charge is 2.23. The van der Waals surface area contributed by atoms with Gasteiger partial charge < -0.3 is 4.98 Å². The Labute approximate surface area is 562 Å². The maximum absolute atomic E-state index is 15.5. The molecule has 0 fully saturated rings. The van der Waals surface area contributed by atoms with E-state index >= 15 is 4.79 Å². The normalized spacial score (nSPS) is 12.4. The first-order valence-corrected chi connectivity index (χ1v) is 34.3. The van der Waals surface area contributed by atoms with Crippen LogP contribution in [0.2, 0.25) is 0 Å². The molecule has 5 nitrogen and oxygen atoms in total. The number of thiophene rings is 1. The van der Waals surface area contributed by atoms with E-state index in [-0.39, 0.29) is 11.1 Å². The fraction of sp³-hybridized carbons (Fsp3) is 0. The van der Waals surface area contributed by atoms with Gasteiger partial charge in [-0.05, 0) is 190 Å². The number of pyridine rings is 2. The Kier molecular flexibility index (Phi) is 10.9. The predicted molar refractivity (Wildman–Crippen MR) is 416 cm³/mol. The number of hydrogen-bond acceptors (Lipinski definition) is 3. The zero-order valence-corrected chi connectivity index (χ0v) is 53.3. The van der Waals surface area contributed by atoms with Crippen molar-refractivity contribution in [2.75, 3.05) is 0 Å². The Balaban J connectivity index is 0.640. The van der Waals surface area contributed by atoms with E-state index in [0.29, 0.717) is 10.8 Å². The molecule has 0 amide bonds. The largest absolute Gasteiger partial charge is 0.354 e. The Morgan fingerprint density at radius 2 is 0.653 bits per heavy atom. The predicted octanol–water partition coefficient (Wildman–Crippen LogP) is 24.2. The van der Waals surface area contributed by atoms with Gasteiger partial charge in [0.1, 0.15) is 0 Å². The zero-order chi connectivity index (χ0) is 64.2.